The van der Waals surface area contributed by atoms with Gasteiger partial charge in [0, 0.05) is 23.4 Å². The minimum atomic E-state index is -0.217. The fourth-order valence-electron chi connectivity index (χ4n) is 5.09. The van der Waals surface area contributed by atoms with Gasteiger partial charge in [-0.1, -0.05) is 12.1 Å². The van der Waals surface area contributed by atoms with Gasteiger partial charge in [0.05, 0.1) is 11.4 Å². The first-order valence-electron chi connectivity index (χ1n) is 11.1. The van der Waals surface area contributed by atoms with Crippen LogP contribution in [0.3, 0.4) is 0 Å². The van der Waals surface area contributed by atoms with Crippen molar-refractivity contribution >= 4 is 41.0 Å². The van der Waals surface area contributed by atoms with Crippen LogP contribution in [-0.4, -0.2) is 43.2 Å². The Bertz CT molecular complexity index is 1370. The van der Waals surface area contributed by atoms with Gasteiger partial charge in [0.15, 0.2) is 5.65 Å². The lowest BCUT2D eigenvalue weighted by molar-refractivity contribution is 0.102. The topological polar surface area (TPSA) is 124 Å². The van der Waals surface area contributed by atoms with Crippen LogP contribution in [0.2, 0.25) is 0 Å². The number of carbonyl (C=O) groups is 1. The van der Waals surface area contributed by atoms with Crippen molar-refractivity contribution in [2.45, 2.75) is 31.8 Å². The number of carbonyl (C=O) groups excluding carboxylic acids is 1. The van der Waals surface area contributed by atoms with Crippen molar-refractivity contribution in [2.75, 3.05) is 17.6 Å². The number of fused-ring (bicyclic) bond motifs is 3. The molecular weight excluding hydrogens is 452 g/mol. The van der Waals surface area contributed by atoms with Crippen LogP contribution in [0, 0.1) is 12.8 Å². The van der Waals surface area contributed by atoms with E-state index in [9.17, 15) is 4.79 Å². The standard InChI is InChI=1S/C24H24N8O.ClH/c1-13-6-7-26-19(8-13)30-24(33)16-4-2-15(3-5-16)21-20-22(25)28-12-29-23(20)32(31-21)18-10-14-9-17(18)27-11-14;/h2-8,12,14,17-18,27H,9-11H2,1H3,(H2,25,28,29)(H,26,30,33);1H. The summed E-state index contributed by atoms with van der Waals surface area (Å²) in [6, 6.07) is 11.7. The van der Waals surface area contributed by atoms with Gasteiger partial charge in [-0.3, -0.25) is 4.79 Å². The van der Waals surface area contributed by atoms with Crippen molar-refractivity contribution in [3.8, 4) is 11.3 Å². The molecule has 1 aromatic carbocycles. The normalized spacial score (nSPS) is 20.9. The number of hydrogen-bond acceptors (Lipinski definition) is 7. The second-order valence-electron chi connectivity index (χ2n) is 8.92. The molecule has 2 aliphatic rings. The van der Waals surface area contributed by atoms with Crippen molar-refractivity contribution in [2.24, 2.45) is 5.92 Å². The molecule has 174 valence electrons. The highest BCUT2D eigenvalue weighted by Crippen LogP contribution is 2.41. The maximum absolute atomic E-state index is 12.7. The summed E-state index contributed by atoms with van der Waals surface area (Å²) in [5.74, 6) is 1.40. The van der Waals surface area contributed by atoms with E-state index in [0.717, 1.165) is 40.8 Å². The zero-order valence-electron chi connectivity index (χ0n) is 18.6. The summed E-state index contributed by atoms with van der Waals surface area (Å²) >= 11 is 0. The minimum Gasteiger partial charge on any atom is -0.383 e. The van der Waals surface area contributed by atoms with E-state index in [0.29, 0.717) is 29.2 Å². The van der Waals surface area contributed by atoms with E-state index in [4.69, 9.17) is 10.8 Å². The molecule has 4 N–H and O–H groups in total. The molecular formula is C24H25ClN8O. The molecule has 34 heavy (non-hydrogen) atoms. The first-order valence-corrected chi connectivity index (χ1v) is 11.1. The number of nitrogens with one attached hydrogen (secondary N) is 2. The van der Waals surface area contributed by atoms with Gasteiger partial charge in [-0.05, 0) is 62.1 Å². The molecule has 9 nitrogen and oxygen atoms in total. The third-order valence-corrected chi connectivity index (χ3v) is 6.71. The number of nitrogens with two attached hydrogens (primary N) is 1. The number of halogens is 1. The molecule has 0 radical (unpaired) electrons. The molecule has 1 saturated carbocycles. The number of pyridine rings is 1. The van der Waals surface area contributed by atoms with Crippen molar-refractivity contribution in [1.29, 1.82) is 0 Å². The smallest absolute Gasteiger partial charge is 0.256 e. The van der Waals surface area contributed by atoms with E-state index >= 15 is 0 Å². The maximum Gasteiger partial charge on any atom is 0.256 e. The molecule has 4 aromatic rings. The summed E-state index contributed by atoms with van der Waals surface area (Å²) in [6.07, 6.45) is 5.42. The van der Waals surface area contributed by atoms with E-state index in [-0.39, 0.29) is 24.4 Å². The predicted molar refractivity (Wildman–Crippen MR) is 133 cm³/mol. The number of piperidine rings is 1. The fourth-order valence-corrected chi connectivity index (χ4v) is 5.09. The lowest BCUT2D eigenvalue weighted by atomic mass is 10.1. The highest BCUT2D eigenvalue weighted by Gasteiger charge is 2.42. The average molecular weight is 477 g/mol. The number of nitrogens with zero attached hydrogens (tertiary/aromatic N) is 5. The number of amides is 1. The zero-order valence-corrected chi connectivity index (χ0v) is 19.4. The molecule has 3 atom stereocenters. The molecule has 2 fully saturated rings. The van der Waals surface area contributed by atoms with Crippen LogP contribution >= 0.6 is 12.4 Å². The highest BCUT2D eigenvalue weighted by molar-refractivity contribution is 6.04. The van der Waals surface area contributed by atoms with Crippen LogP contribution in [0.4, 0.5) is 11.6 Å². The fraction of sp³-hybridized carbons (Fsp3) is 0.292. The second kappa shape index (κ2) is 8.66. The molecule has 1 saturated heterocycles. The van der Waals surface area contributed by atoms with Crippen molar-refractivity contribution in [1.82, 2.24) is 30.0 Å². The molecule has 2 bridgehead atoms. The lowest BCUT2D eigenvalue weighted by Crippen LogP contribution is -2.35. The lowest BCUT2D eigenvalue weighted by Gasteiger charge is -2.23. The Hall–Kier alpha value is -3.56. The molecule has 3 aromatic heterocycles. The van der Waals surface area contributed by atoms with Crippen molar-refractivity contribution in [3.05, 3.63) is 60.0 Å². The quantitative estimate of drug-likeness (QED) is 0.412. The Morgan fingerprint density at radius 1 is 1.15 bits per heavy atom. The highest BCUT2D eigenvalue weighted by atomic mass is 35.5. The number of nitrogen functional groups attached to an aromatic ring is 1. The average Bonchev–Trinajstić information content (AvgIpc) is 3.54. The van der Waals surface area contributed by atoms with Gasteiger partial charge in [-0.15, -0.1) is 12.4 Å². The Balaban J connectivity index is 0.00000241. The Morgan fingerprint density at radius 3 is 2.68 bits per heavy atom. The number of benzene rings is 1. The summed E-state index contributed by atoms with van der Waals surface area (Å²) in [5.41, 5.74) is 10.2. The zero-order chi connectivity index (χ0) is 22.5. The number of hydrogen-bond donors (Lipinski definition) is 3. The summed E-state index contributed by atoms with van der Waals surface area (Å²) in [5, 5.41) is 12.1. The number of aromatic nitrogens is 5. The first kappa shape index (κ1) is 22.2. The van der Waals surface area contributed by atoms with E-state index in [1.807, 2.05) is 35.9 Å². The van der Waals surface area contributed by atoms with Gasteiger partial charge in [-0.2, -0.15) is 5.10 Å². The summed E-state index contributed by atoms with van der Waals surface area (Å²) in [4.78, 5) is 25.6. The van der Waals surface area contributed by atoms with Crippen LogP contribution in [0.25, 0.3) is 22.3 Å². The third kappa shape index (κ3) is 3.76. The monoisotopic (exact) mass is 476 g/mol. The molecule has 4 heterocycles. The number of anilines is 2. The second-order valence-corrected chi connectivity index (χ2v) is 8.92. The summed E-state index contributed by atoms with van der Waals surface area (Å²) in [7, 11) is 0. The summed E-state index contributed by atoms with van der Waals surface area (Å²) < 4.78 is 2.02. The van der Waals surface area contributed by atoms with Crippen LogP contribution in [0.15, 0.2) is 48.9 Å². The predicted octanol–water partition coefficient (Wildman–Crippen LogP) is 3.38. The molecule has 0 spiro atoms. The van der Waals surface area contributed by atoms with Gasteiger partial charge >= 0.3 is 0 Å². The number of rotatable bonds is 4. The first-order chi connectivity index (χ1) is 16.1. The van der Waals surface area contributed by atoms with Crippen molar-refractivity contribution in [3.63, 3.8) is 0 Å². The van der Waals surface area contributed by atoms with Gasteiger partial charge in [0.2, 0.25) is 0 Å². The van der Waals surface area contributed by atoms with E-state index in [2.05, 4.69) is 25.6 Å². The van der Waals surface area contributed by atoms with Crippen molar-refractivity contribution < 1.29 is 4.79 Å². The Morgan fingerprint density at radius 2 is 1.97 bits per heavy atom. The molecule has 10 heteroatoms. The molecule has 1 amide bonds. The van der Waals surface area contributed by atoms with Crippen LogP contribution < -0.4 is 16.4 Å². The summed E-state index contributed by atoms with van der Waals surface area (Å²) in [6.45, 7) is 3.03. The van der Waals surface area contributed by atoms with Gasteiger partial charge in [-0.25, -0.2) is 19.6 Å². The minimum absolute atomic E-state index is 0. The van der Waals surface area contributed by atoms with Gasteiger partial charge < -0.3 is 16.4 Å². The number of aryl methyl sites for hydroxylation is 1. The van der Waals surface area contributed by atoms with Crippen LogP contribution in [-0.2, 0) is 0 Å². The largest absolute Gasteiger partial charge is 0.383 e. The molecule has 6 rings (SSSR count). The molecule has 3 unspecified atom stereocenters. The SMILES string of the molecule is Cc1ccnc(NC(=O)c2ccc(-c3nn(C4CC5CNC4C5)c4ncnc(N)c34)cc2)c1.Cl. The van der Waals surface area contributed by atoms with Crippen LogP contribution in [0.1, 0.15) is 34.8 Å². The van der Waals surface area contributed by atoms with Gasteiger partial charge in [0.1, 0.15) is 23.7 Å². The Kier molecular flexibility index (Phi) is 5.66. The van der Waals surface area contributed by atoms with Gasteiger partial charge in [0.25, 0.3) is 5.91 Å². The molecule has 1 aliphatic carbocycles. The van der Waals surface area contributed by atoms with E-state index in [1.54, 1.807) is 18.3 Å². The Labute approximate surface area is 202 Å². The van der Waals surface area contributed by atoms with Crippen LogP contribution in [0.5, 0.6) is 0 Å². The maximum atomic E-state index is 12.7. The molecule has 1 aliphatic heterocycles. The third-order valence-electron chi connectivity index (χ3n) is 6.71. The van der Waals surface area contributed by atoms with E-state index in [1.165, 1.54) is 12.7 Å². The van der Waals surface area contributed by atoms with E-state index < -0.39 is 0 Å².